The van der Waals surface area contributed by atoms with Gasteiger partial charge in [0.2, 0.25) is 0 Å². The molecular formula is C15H10Cl2N2O. The van der Waals surface area contributed by atoms with Crippen LogP contribution >= 0.6 is 23.2 Å². The van der Waals surface area contributed by atoms with Crippen molar-refractivity contribution in [1.29, 1.82) is 0 Å². The zero-order valence-corrected chi connectivity index (χ0v) is 11.8. The molecule has 0 radical (unpaired) electrons. The number of anilines is 1. The molecule has 0 aliphatic heterocycles. The third kappa shape index (κ3) is 2.05. The number of carbonyl (C=O) groups is 1. The number of fused-ring (bicyclic) bond motifs is 1. The number of hydrogen-bond acceptors (Lipinski definition) is 2. The van der Waals surface area contributed by atoms with Crippen molar-refractivity contribution in [3.05, 3.63) is 63.8 Å². The molecule has 1 aromatic heterocycles. The van der Waals surface area contributed by atoms with Crippen LogP contribution in [0.5, 0.6) is 0 Å². The fourth-order valence-electron chi connectivity index (χ4n) is 2.18. The molecule has 0 atom stereocenters. The van der Waals surface area contributed by atoms with E-state index in [4.69, 9.17) is 28.9 Å². The Hall–Kier alpha value is -1.97. The second-order valence-corrected chi connectivity index (χ2v) is 5.27. The summed E-state index contributed by atoms with van der Waals surface area (Å²) in [4.78, 5) is 15.6. The molecule has 3 nitrogen and oxygen atoms in total. The number of halogens is 2. The molecule has 0 fully saturated rings. The predicted octanol–water partition coefficient (Wildman–Crippen LogP) is 4.29. The van der Waals surface area contributed by atoms with E-state index in [1.165, 1.54) is 0 Å². The van der Waals surface area contributed by atoms with Crippen LogP contribution in [0.3, 0.4) is 0 Å². The largest absolute Gasteiger partial charge is 0.398 e. The third-order valence-corrected chi connectivity index (χ3v) is 3.72. The van der Waals surface area contributed by atoms with Crippen LogP contribution in [0.1, 0.15) is 15.9 Å². The normalized spacial score (nSPS) is 10.9. The molecule has 100 valence electrons. The van der Waals surface area contributed by atoms with Crippen molar-refractivity contribution in [2.45, 2.75) is 0 Å². The summed E-state index contributed by atoms with van der Waals surface area (Å²) in [6.45, 7) is 0. The molecule has 3 aromatic rings. The van der Waals surface area contributed by atoms with Gasteiger partial charge in [-0.05, 0) is 24.3 Å². The Kier molecular flexibility index (Phi) is 3.16. The average molecular weight is 305 g/mol. The van der Waals surface area contributed by atoms with Gasteiger partial charge in [0.1, 0.15) is 0 Å². The van der Waals surface area contributed by atoms with Crippen molar-refractivity contribution in [3.63, 3.8) is 0 Å². The average Bonchev–Trinajstić information content (AvgIpc) is 2.86. The van der Waals surface area contributed by atoms with Gasteiger partial charge >= 0.3 is 0 Å². The number of aromatic amines is 1. The number of hydrogen-bond donors (Lipinski definition) is 2. The standard InChI is InChI=1S/C15H10Cl2N2O/c16-8-4-5-13(18)10(6-8)15(20)11-7-19-14-9(11)2-1-3-12(14)17/h1-7,19H,18H2. The molecule has 20 heavy (non-hydrogen) atoms. The third-order valence-electron chi connectivity index (χ3n) is 3.17. The molecule has 0 aliphatic rings. The molecule has 0 spiro atoms. The van der Waals surface area contributed by atoms with E-state index >= 15 is 0 Å². The molecule has 0 amide bonds. The molecule has 0 saturated heterocycles. The van der Waals surface area contributed by atoms with Crippen LogP contribution < -0.4 is 5.73 Å². The van der Waals surface area contributed by atoms with Crippen molar-refractivity contribution < 1.29 is 4.79 Å². The summed E-state index contributed by atoms with van der Waals surface area (Å²) in [6.07, 6.45) is 1.64. The number of nitrogens with one attached hydrogen (secondary N) is 1. The highest BCUT2D eigenvalue weighted by atomic mass is 35.5. The number of para-hydroxylation sites is 1. The fourth-order valence-corrected chi connectivity index (χ4v) is 2.58. The topological polar surface area (TPSA) is 58.9 Å². The Labute approximate surface area is 125 Å². The van der Waals surface area contributed by atoms with Crippen molar-refractivity contribution in [2.75, 3.05) is 5.73 Å². The summed E-state index contributed by atoms with van der Waals surface area (Å²) in [5, 5.41) is 1.81. The number of carbonyl (C=O) groups excluding carboxylic acids is 1. The molecular weight excluding hydrogens is 295 g/mol. The summed E-state index contributed by atoms with van der Waals surface area (Å²) >= 11 is 12.0. The first-order chi connectivity index (χ1) is 9.58. The van der Waals surface area contributed by atoms with Crippen LogP contribution in [0.25, 0.3) is 10.9 Å². The van der Waals surface area contributed by atoms with Gasteiger partial charge in [-0.25, -0.2) is 0 Å². The van der Waals surface area contributed by atoms with E-state index in [0.717, 1.165) is 10.9 Å². The number of nitrogen functional groups attached to an aromatic ring is 1. The van der Waals surface area contributed by atoms with Gasteiger partial charge in [-0.1, -0.05) is 35.3 Å². The molecule has 0 saturated carbocycles. The number of ketones is 1. The highest BCUT2D eigenvalue weighted by Crippen LogP contribution is 2.28. The van der Waals surface area contributed by atoms with E-state index in [2.05, 4.69) is 4.98 Å². The maximum atomic E-state index is 12.6. The molecule has 3 N–H and O–H groups in total. The van der Waals surface area contributed by atoms with E-state index in [-0.39, 0.29) is 5.78 Å². The Morgan fingerprint density at radius 3 is 2.70 bits per heavy atom. The van der Waals surface area contributed by atoms with Crippen LogP contribution in [0.15, 0.2) is 42.6 Å². The van der Waals surface area contributed by atoms with Gasteiger partial charge < -0.3 is 10.7 Å². The summed E-state index contributed by atoms with van der Waals surface area (Å²) in [6, 6.07) is 10.3. The molecule has 3 rings (SSSR count). The Morgan fingerprint density at radius 2 is 1.90 bits per heavy atom. The zero-order chi connectivity index (χ0) is 14.3. The molecule has 5 heteroatoms. The lowest BCUT2D eigenvalue weighted by molar-refractivity contribution is 0.104. The second kappa shape index (κ2) is 4.85. The van der Waals surface area contributed by atoms with E-state index in [9.17, 15) is 4.79 Å². The first-order valence-electron chi connectivity index (χ1n) is 5.93. The molecule has 0 unspecified atom stereocenters. The van der Waals surface area contributed by atoms with Crippen molar-refractivity contribution in [1.82, 2.24) is 4.98 Å². The van der Waals surface area contributed by atoms with E-state index in [1.807, 2.05) is 6.07 Å². The monoisotopic (exact) mass is 304 g/mol. The van der Waals surface area contributed by atoms with Crippen LogP contribution in [-0.2, 0) is 0 Å². The summed E-state index contributed by atoms with van der Waals surface area (Å²) in [5.41, 5.74) is 7.90. The number of aromatic nitrogens is 1. The SMILES string of the molecule is Nc1ccc(Cl)cc1C(=O)c1c[nH]c2c(Cl)cccc12. The lowest BCUT2D eigenvalue weighted by atomic mass is 10.0. The van der Waals surface area contributed by atoms with E-state index in [1.54, 1.807) is 36.5 Å². The number of rotatable bonds is 2. The molecule has 0 aliphatic carbocycles. The van der Waals surface area contributed by atoms with Crippen LogP contribution in [0.2, 0.25) is 10.0 Å². The minimum absolute atomic E-state index is 0.182. The zero-order valence-electron chi connectivity index (χ0n) is 10.3. The molecule has 2 aromatic carbocycles. The van der Waals surface area contributed by atoms with Crippen LogP contribution in [0, 0.1) is 0 Å². The Bertz CT molecular complexity index is 824. The van der Waals surface area contributed by atoms with E-state index in [0.29, 0.717) is 26.9 Å². The van der Waals surface area contributed by atoms with Crippen molar-refractivity contribution in [3.8, 4) is 0 Å². The van der Waals surface area contributed by atoms with Crippen LogP contribution in [0.4, 0.5) is 5.69 Å². The second-order valence-electron chi connectivity index (χ2n) is 4.43. The highest BCUT2D eigenvalue weighted by molar-refractivity contribution is 6.36. The first kappa shape index (κ1) is 13.0. The highest BCUT2D eigenvalue weighted by Gasteiger charge is 2.17. The number of benzene rings is 2. The number of H-pyrrole nitrogens is 1. The minimum atomic E-state index is -0.182. The smallest absolute Gasteiger partial charge is 0.197 e. The minimum Gasteiger partial charge on any atom is -0.398 e. The maximum Gasteiger partial charge on any atom is 0.197 e. The summed E-state index contributed by atoms with van der Waals surface area (Å²) in [7, 11) is 0. The Balaban J connectivity index is 2.18. The summed E-state index contributed by atoms with van der Waals surface area (Å²) < 4.78 is 0. The lowest BCUT2D eigenvalue weighted by Crippen LogP contribution is -2.04. The van der Waals surface area contributed by atoms with Crippen molar-refractivity contribution in [2.24, 2.45) is 0 Å². The van der Waals surface area contributed by atoms with Gasteiger partial charge in [0, 0.05) is 33.4 Å². The quantitative estimate of drug-likeness (QED) is 0.548. The summed E-state index contributed by atoms with van der Waals surface area (Å²) in [5.74, 6) is -0.182. The maximum absolute atomic E-state index is 12.6. The van der Waals surface area contributed by atoms with Gasteiger partial charge in [-0.2, -0.15) is 0 Å². The number of nitrogens with two attached hydrogens (primary N) is 1. The van der Waals surface area contributed by atoms with Crippen LogP contribution in [-0.4, -0.2) is 10.8 Å². The predicted molar refractivity (Wildman–Crippen MR) is 82.6 cm³/mol. The van der Waals surface area contributed by atoms with Crippen molar-refractivity contribution >= 4 is 45.6 Å². The van der Waals surface area contributed by atoms with Gasteiger partial charge in [-0.15, -0.1) is 0 Å². The first-order valence-corrected chi connectivity index (χ1v) is 6.69. The molecule has 1 heterocycles. The lowest BCUT2D eigenvalue weighted by Gasteiger charge is -2.04. The van der Waals surface area contributed by atoms with Gasteiger partial charge in [0.15, 0.2) is 5.78 Å². The van der Waals surface area contributed by atoms with Gasteiger partial charge in [-0.3, -0.25) is 4.79 Å². The molecule has 0 bridgehead atoms. The van der Waals surface area contributed by atoms with Gasteiger partial charge in [0.05, 0.1) is 10.5 Å². The van der Waals surface area contributed by atoms with E-state index < -0.39 is 0 Å². The Morgan fingerprint density at radius 1 is 1.10 bits per heavy atom. The van der Waals surface area contributed by atoms with Gasteiger partial charge in [0.25, 0.3) is 0 Å². The fraction of sp³-hybridized carbons (Fsp3) is 0.